The fraction of sp³-hybridized carbons (Fsp3) is 0.688. The first kappa shape index (κ1) is 27.6. The minimum absolute atomic E-state index is 0.107. The summed E-state index contributed by atoms with van der Waals surface area (Å²) in [6, 6.07) is 5.15. The molecule has 0 bridgehead atoms. The van der Waals surface area contributed by atoms with E-state index in [4.69, 9.17) is 9.73 Å². The Morgan fingerprint density at radius 1 is 1.08 bits per heavy atom. The zero-order chi connectivity index (χ0) is 26.9. The number of fused-ring (bicyclic) bond motifs is 1. The number of nitrogens with zero attached hydrogens (tertiary/aromatic N) is 3. The largest absolute Gasteiger partial charge is 0.496 e. The van der Waals surface area contributed by atoms with E-state index in [1.54, 1.807) is 18.9 Å². The number of aliphatic imine (C=N–C) groups is 1. The van der Waals surface area contributed by atoms with Gasteiger partial charge in [0.25, 0.3) is 5.91 Å². The van der Waals surface area contributed by atoms with Crippen molar-refractivity contribution in [1.82, 2.24) is 4.90 Å². The minimum Gasteiger partial charge on any atom is -0.496 e. The van der Waals surface area contributed by atoms with Crippen LogP contribution in [-0.2, 0) is 4.79 Å². The number of carbonyl (C=O) groups excluding carboxylic acids is 1. The number of hydrogen-bond donors (Lipinski definition) is 0. The standard InChI is InChI=1S/C32H47N3O2S/c1-6-17-34-27-20-28(37-5)23(18-26(27)22(2)21-32(34,3)4)19-29-30(36)35(25-15-11-8-12-16-25)31(38-29)33-24-13-9-7-10-14-24/h18-20,22,24-25H,6-17,21H2,1-5H3/b29-19+,33-31?. The topological polar surface area (TPSA) is 45.1 Å². The van der Waals surface area contributed by atoms with E-state index in [2.05, 4.69) is 55.7 Å². The first-order valence-electron chi connectivity index (χ1n) is 15.1. The highest BCUT2D eigenvalue weighted by atomic mass is 32.2. The fourth-order valence-corrected chi connectivity index (χ4v) is 8.31. The van der Waals surface area contributed by atoms with Crippen molar-refractivity contribution in [3.63, 3.8) is 0 Å². The predicted octanol–water partition coefficient (Wildman–Crippen LogP) is 8.14. The molecule has 38 heavy (non-hydrogen) atoms. The van der Waals surface area contributed by atoms with Gasteiger partial charge < -0.3 is 9.64 Å². The van der Waals surface area contributed by atoms with Gasteiger partial charge in [-0.15, -0.1) is 0 Å². The number of amidine groups is 1. The molecule has 2 aliphatic carbocycles. The predicted molar refractivity (Wildman–Crippen MR) is 161 cm³/mol. The third kappa shape index (κ3) is 5.52. The molecule has 2 aliphatic heterocycles. The molecule has 5 rings (SSSR count). The first-order valence-corrected chi connectivity index (χ1v) is 15.9. The van der Waals surface area contributed by atoms with Crippen LogP contribution in [0, 0.1) is 0 Å². The molecule has 0 N–H and O–H groups in total. The van der Waals surface area contributed by atoms with Crippen LogP contribution in [-0.4, -0.2) is 47.3 Å². The van der Waals surface area contributed by atoms with Gasteiger partial charge in [-0.25, -0.2) is 0 Å². The molecule has 1 aromatic rings. The lowest BCUT2D eigenvalue weighted by Gasteiger charge is -2.47. The SMILES string of the molecule is CCCN1c2cc(OC)c(/C=C3/SC(=NC4CCCCC4)N(C4CCCCC4)C3=O)cc2C(C)CC1(C)C. The van der Waals surface area contributed by atoms with Crippen molar-refractivity contribution < 1.29 is 9.53 Å². The second kappa shape index (κ2) is 11.7. The van der Waals surface area contributed by atoms with E-state index in [1.807, 2.05) is 0 Å². The molecule has 5 nitrogen and oxygen atoms in total. The van der Waals surface area contributed by atoms with Crippen molar-refractivity contribution in [3.8, 4) is 5.75 Å². The Morgan fingerprint density at radius 2 is 1.76 bits per heavy atom. The minimum atomic E-state index is 0.107. The summed E-state index contributed by atoms with van der Waals surface area (Å²) < 4.78 is 5.94. The lowest BCUT2D eigenvalue weighted by molar-refractivity contribution is -0.124. The number of benzene rings is 1. The summed E-state index contributed by atoms with van der Waals surface area (Å²) >= 11 is 1.60. The molecule has 4 aliphatic rings. The Balaban J connectivity index is 1.52. The van der Waals surface area contributed by atoms with Crippen molar-refractivity contribution >= 4 is 34.6 Å². The molecule has 1 atom stereocenters. The fourth-order valence-electron chi connectivity index (χ4n) is 7.21. The highest BCUT2D eigenvalue weighted by Crippen LogP contribution is 2.47. The van der Waals surface area contributed by atoms with Crippen LogP contribution < -0.4 is 9.64 Å². The second-order valence-electron chi connectivity index (χ2n) is 12.5. The molecule has 6 heteroatoms. The first-order chi connectivity index (χ1) is 18.3. The van der Waals surface area contributed by atoms with E-state index in [1.165, 1.54) is 49.8 Å². The van der Waals surface area contributed by atoms with Crippen LogP contribution in [0.5, 0.6) is 5.75 Å². The van der Waals surface area contributed by atoms with Gasteiger partial charge in [-0.2, -0.15) is 0 Å². The third-order valence-corrected chi connectivity index (χ3v) is 10.1. The normalized spacial score (nSPS) is 26.9. The number of anilines is 1. The van der Waals surface area contributed by atoms with E-state index in [-0.39, 0.29) is 17.5 Å². The average molecular weight is 538 g/mol. The van der Waals surface area contributed by atoms with E-state index < -0.39 is 0 Å². The smallest absolute Gasteiger partial charge is 0.267 e. The summed E-state index contributed by atoms with van der Waals surface area (Å²) in [7, 11) is 1.75. The van der Waals surface area contributed by atoms with Gasteiger partial charge in [-0.05, 0) is 87.8 Å². The van der Waals surface area contributed by atoms with Gasteiger partial charge in [-0.3, -0.25) is 14.7 Å². The molecular formula is C32H47N3O2S. The zero-order valence-corrected chi connectivity index (χ0v) is 25.0. The average Bonchev–Trinajstić information content (AvgIpc) is 3.21. The van der Waals surface area contributed by atoms with Crippen LogP contribution >= 0.6 is 11.8 Å². The Labute approximate surface area is 234 Å². The van der Waals surface area contributed by atoms with Crippen molar-refractivity contribution in [2.24, 2.45) is 4.99 Å². The van der Waals surface area contributed by atoms with E-state index in [0.717, 1.165) is 66.5 Å². The zero-order valence-electron chi connectivity index (χ0n) is 24.2. The van der Waals surface area contributed by atoms with Gasteiger partial charge in [0.05, 0.1) is 18.1 Å². The summed E-state index contributed by atoms with van der Waals surface area (Å²) in [5.41, 5.74) is 3.76. The molecule has 3 fully saturated rings. The summed E-state index contributed by atoms with van der Waals surface area (Å²) in [5.74, 6) is 1.43. The lowest BCUT2D eigenvalue weighted by atomic mass is 9.79. The van der Waals surface area contributed by atoms with Gasteiger partial charge in [0, 0.05) is 35.4 Å². The molecule has 2 saturated carbocycles. The summed E-state index contributed by atoms with van der Waals surface area (Å²) in [6.07, 6.45) is 16.3. The molecule has 0 aromatic heterocycles. The number of hydrogen-bond acceptors (Lipinski definition) is 5. The molecule has 208 valence electrons. The summed E-state index contributed by atoms with van der Waals surface area (Å²) in [5, 5.41) is 0.946. The maximum absolute atomic E-state index is 13.9. The van der Waals surface area contributed by atoms with Crippen LogP contribution in [0.4, 0.5) is 5.69 Å². The van der Waals surface area contributed by atoms with Crippen LogP contribution in [0.1, 0.15) is 122 Å². The monoisotopic (exact) mass is 537 g/mol. The van der Waals surface area contributed by atoms with Gasteiger partial charge in [0.1, 0.15) is 5.75 Å². The number of methoxy groups -OCH3 is 1. The van der Waals surface area contributed by atoms with Crippen molar-refractivity contribution in [1.29, 1.82) is 0 Å². The van der Waals surface area contributed by atoms with E-state index in [0.29, 0.717) is 12.0 Å². The molecule has 1 unspecified atom stereocenters. The Bertz CT molecular complexity index is 1080. The van der Waals surface area contributed by atoms with Gasteiger partial charge in [0.2, 0.25) is 0 Å². The molecule has 1 aromatic carbocycles. The van der Waals surface area contributed by atoms with Gasteiger partial charge in [0.15, 0.2) is 5.17 Å². The molecule has 1 saturated heterocycles. The molecule has 0 spiro atoms. The lowest BCUT2D eigenvalue weighted by Crippen LogP contribution is -2.48. The number of rotatable bonds is 6. The van der Waals surface area contributed by atoms with Crippen molar-refractivity contribution in [3.05, 3.63) is 28.2 Å². The quantitative estimate of drug-likeness (QED) is 0.344. The highest BCUT2D eigenvalue weighted by molar-refractivity contribution is 8.18. The number of carbonyl (C=O) groups is 1. The Morgan fingerprint density at radius 3 is 2.42 bits per heavy atom. The number of thioether (sulfide) groups is 1. The third-order valence-electron chi connectivity index (χ3n) is 9.12. The molecular weight excluding hydrogens is 490 g/mol. The summed E-state index contributed by atoms with van der Waals surface area (Å²) in [4.78, 5) is 24.6. The van der Waals surface area contributed by atoms with E-state index >= 15 is 0 Å². The van der Waals surface area contributed by atoms with Crippen LogP contribution in [0.2, 0.25) is 0 Å². The van der Waals surface area contributed by atoms with Gasteiger partial charge in [-0.1, -0.05) is 52.4 Å². The van der Waals surface area contributed by atoms with Crippen LogP contribution in [0.15, 0.2) is 22.0 Å². The number of amides is 1. The van der Waals surface area contributed by atoms with Crippen LogP contribution in [0.25, 0.3) is 6.08 Å². The van der Waals surface area contributed by atoms with Crippen molar-refractivity contribution in [2.45, 2.75) is 128 Å². The summed E-state index contributed by atoms with van der Waals surface area (Å²) in [6.45, 7) is 10.3. The number of ether oxygens (including phenoxy) is 1. The maximum atomic E-state index is 13.9. The van der Waals surface area contributed by atoms with Crippen molar-refractivity contribution in [2.75, 3.05) is 18.6 Å². The Kier molecular flexibility index (Phi) is 8.47. The second-order valence-corrected chi connectivity index (χ2v) is 13.5. The van der Waals surface area contributed by atoms with Gasteiger partial charge >= 0.3 is 0 Å². The molecule has 2 heterocycles. The highest BCUT2D eigenvalue weighted by Gasteiger charge is 2.40. The van der Waals surface area contributed by atoms with E-state index in [9.17, 15) is 4.79 Å². The van der Waals surface area contributed by atoms with Crippen LogP contribution in [0.3, 0.4) is 0 Å². The Hall–Kier alpha value is -1.95. The maximum Gasteiger partial charge on any atom is 0.267 e. The molecule has 1 amide bonds. The molecule has 0 radical (unpaired) electrons.